The first-order valence-corrected chi connectivity index (χ1v) is 10.4. The highest BCUT2D eigenvalue weighted by atomic mass is 32.1. The van der Waals surface area contributed by atoms with Gasteiger partial charge in [0.05, 0.1) is 15.8 Å². The van der Waals surface area contributed by atoms with Crippen LogP contribution in [0.15, 0.2) is 83.5 Å². The van der Waals surface area contributed by atoms with Crippen LogP contribution >= 0.6 is 11.3 Å². The van der Waals surface area contributed by atoms with Crippen molar-refractivity contribution in [3.05, 3.63) is 95.2 Å². The molecule has 4 aromatic rings. The molecule has 0 aliphatic carbocycles. The second kappa shape index (κ2) is 7.75. The second-order valence-corrected chi connectivity index (χ2v) is 8.06. The molecular formula is C24H15N3O4S. The predicted octanol–water partition coefficient (Wildman–Crippen LogP) is 4.53. The molecular weight excluding hydrogens is 426 g/mol. The minimum Gasteiger partial charge on any atom is -0.508 e. The van der Waals surface area contributed by atoms with Crippen molar-refractivity contribution in [2.75, 3.05) is 4.90 Å². The summed E-state index contributed by atoms with van der Waals surface area (Å²) >= 11 is 1.23. The van der Waals surface area contributed by atoms with Gasteiger partial charge in [0.1, 0.15) is 17.3 Å². The summed E-state index contributed by atoms with van der Waals surface area (Å²) in [5, 5.41) is 19.2. The van der Waals surface area contributed by atoms with Crippen molar-refractivity contribution in [3.63, 3.8) is 0 Å². The lowest BCUT2D eigenvalue weighted by atomic mass is 10.2. The zero-order valence-corrected chi connectivity index (χ0v) is 17.3. The molecule has 0 saturated carbocycles. The van der Waals surface area contributed by atoms with Crippen molar-refractivity contribution in [3.8, 4) is 5.75 Å². The number of nitrogens with zero attached hydrogens (tertiary/aromatic N) is 3. The summed E-state index contributed by atoms with van der Waals surface area (Å²) in [6, 6.07) is 20.5. The Kier molecular flexibility index (Phi) is 4.76. The van der Waals surface area contributed by atoms with Gasteiger partial charge in [0.2, 0.25) is 0 Å². The number of hydrogen-bond donors (Lipinski definition) is 2. The molecule has 0 saturated heterocycles. The molecule has 0 radical (unpaired) electrons. The number of fused-ring (bicyclic) bond motifs is 1. The number of amides is 1. The molecule has 1 aromatic heterocycles. The summed E-state index contributed by atoms with van der Waals surface area (Å²) in [6.07, 6.45) is 1.65. The summed E-state index contributed by atoms with van der Waals surface area (Å²) < 4.78 is 0.663. The molecule has 5 rings (SSSR count). The number of phenolic OH excluding ortho intramolecular Hbond substituents is 1. The average Bonchev–Trinajstić information content (AvgIpc) is 3.36. The Morgan fingerprint density at radius 1 is 1.00 bits per heavy atom. The van der Waals surface area contributed by atoms with E-state index >= 15 is 0 Å². The Morgan fingerprint density at radius 3 is 2.47 bits per heavy atom. The second-order valence-electron chi connectivity index (χ2n) is 7.05. The molecule has 0 unspecified atom stereocenters. The van der Waals surface area contributed by atoms with Crippen molar-refractivity contribution in [2.24, 2.45) is 4.99 Å². The smallest absolute Gasteiger partial charge is 0.335 e. The van der Waals surface area contributed by atoms with Crippen LogP contribution in [0.25, 0.3) is 16.3 Å². The number of rotatable bonds is 4. The van der Waals surface area contributed by atoms with E-state index in [0.29, 0.717) is 21.2 Å². The Hall–Kier alpha value is -4.30. The van der Waals surface area contributed by atoms with Gasteiger partial charge >= 0.3 is 5.97 Å². The van der Waals surface area contributed by atoms with Gasteiger partial charge in [-0.2, -0.15) is 0 Å². The molecule has 2 N–H and O–H groups in total. The fourth-order valence-corrected chi connectivity index (χ4v) is 4.35. The van der Waals surface area contributed by atoms with Crippen LogP contribution < -0.4 is 4.90 Å². The summed E-state index contributed by atoms with van der Waals surface area (Å²) in [6.45, 7) is 0. The molecule has 0 fully saturated rings. The van der Waals surface area contributed by atoms with E-state index in [-0.39, 0.29) is 22.9 Å². The monoisotopic (exact) mass is 441 g/mol. The van der Waals surface area contributed by atoms with Gasteiger partial charge in [0, 0.05) is 5.56 Å². The van der Waals surface area contributed by atoms with Crippen molar-refractivity contribution in [2.45, 2.75) is 0 Å². The van der Waals surface area contributed by atoms with E-state index in [4.69, 9.17) is 0 Å². The van der Waals surface area contributed by atoms with Crippen LogP contribution in [-0.2, 0) is 4.79 Å². The molecule has 2 heterocycles. The van der Waals surface area contributed by atoms with Crippen molar-refractivity contribution in [1.82, 2.24) is 4.98 Å². The zero-order valence-electron chi connectivity index (χ0n) is 16.5. The number of thiazole rings is 1. The number of hydrogen-bond acceptors (Lipinski definition) is 6. The quantitative estimate of drug-likeness (QED) is 0.453. The van der Waals surface area contributed by atoms with Crippen LogP contribution in [0, 0.1) is 0 Å². The molecule has 3 aromatic carbocycles. The zero-order chi connectivity index (χ0) is 22.2. The number of aromatic hydroxyl groups is 1. The van der Waals surface area contributed by atoms with Crippen LogP contribution in [0.1, 0.15) is 21.5 Å². The Labute approximate surface area is 186 Å². The van der Waals surface area contributed by atoms with Crippen molar-refractivity contribution in [1.29, 1.82) is 0 Å². The number of aromatic nitrogens is 1. The molecule has 1 aliphatic heterocycles. The highest BCUT2D eigenvalue weighted by Gasteiger charge is 2.34. The van der Waals surface area contributed by atoms with Gasteiger partial charge in [-0.15, -0.1) is 0 Å². The Balaban J connectivity index is 1.62. The SMILES string of the molecule is O=C(O)c1ccc2nc(N3C(=O)/C(=C/c4ccc(O)cc4)N=C3c3ccccc3)sc2c1. The van der Waals surface area contributed by atoms with E-state index in [1.165, 1.54) is 22.3 Å². The predicted molar refractivity (Wildman–Crippen MR) is 123 cm³/mol. The summed E-state index contributed by atoms with van der Waals surface area (Å²) in [5.74, 6) is -0.785. The van der Waals surface area contributed by atoms with Gasteiger partial charge in [-0.25, -0.2) is 19.7 Å². The van der Waals surface area contributed by atoms with Gasteiger partial charge in [0.15, 0.2) is 5.13 Å². The summed E-state index contributed by atoms with van der Waals surface area (Å²) in [5.41, 5.74) is 2.47. The first-order chi connectivity index (χ1) is 15.5. The fraction of sp³-hybridized carbons (Fsp3) is 0. The molecule has 0 bridgehead atoms. The molecule has 156 valence electrons. The lowest BCUT2D eigenvalue weighted by Crippen LogP contribution is -2.32. The lowest BCUT2D eigenvalue weighted by Gasteiger charge is -2.14. The number of aliphatic imine (C=N–C) groups is 1. The standard InChI is InChI=1S/C24H15N3O4S/c28-17-9-6-14(7-10-17)12-19-22(29)27(21(25-19)15-4-2-1-3-5-15)24-26-18-11-8-16(23(30)31)13-20(18)32-24/h1-13,28H,(H,30,31)/b19-12-. The molecule has 32 heavy (non-hydrogen) atoms. The summed E-state index contributed by atoms with van der Waals surface area (Å²) in [7, 11) is 0. The van der Waals surface area contributed by atoms with Crippen molar-refractivity contribution >= 4 is 50.5 Å². The van der Waals surface area contributed by atoms with Gasteiger partial charge in [-0.05, 0) is 42.0 Å². The summed E-state index contributed by atoms with van der Waals surface area (Å²) in [4.78, 5) is 35.3. The van der Waals surface area contributed by atoms with Crippen LogP contribution in [0.3, 0.4) is 0 Å². The third-order valence-electron chi connectivity index (χ3n) is 4.90. The largest absolute Gasteiger partial charge is 0.508 e. The van der Waals surface area contributed by atoms with E-state index in [1.54, 1.807) is 42.5 Å². The highest BCUT2D eigenvalue weighted by molar-refractivity contribution is 7.22. The molecule has 8 heteroatoms. The van der Waals surface area contributed by atoms with Crippen LogP contribution in [-0.4, -0.2) is 32.9 Å². The number of anilines is 1. The number of carboxylic acids is 1. The molecule has 0 atom stereocenters. The maximum Gasteiger partial charge on any atom is 0.335 e. The molecule has 7 nitrogen and oxygen atoms in total. The lowest BCUT2D eigenvalue weighted by molar-refractivity contribution is -0.113. The number of aromatic carboxylic acids is 1. The van der Waals surface area contributed by atoms with Crippen LogP contribution in [0.5, 0.6) is 5.75 Å². The first-order valence-electron chi connectivity index (χ1n) is 9.63. The maximum atomic E-state index is 13.4. The van der Waals surface area contributed by atoms with E-state index < -0.39 is 5.97 Å². The number of amidine groups is 1. The third-order valence-corrected chi connectivity index (χ3v) is 5.91. The van der Waals surface area contributed by atoms with E-state index in [0.717, 1.165) is 11.1 Å². The maximum absolute atomic E-state index is 13.4. The van der Waals surface area contributed by atoms with E-state index in [2.05, 4.69) is 9.98 Å². The van der Waals surface area contributed by atoms with E-state index in [1.807, 2.05) is 30.3 Å². The number of carbonyl (C=O) groups is 2. The van der Waals surface area contributed by atoms with Gasteiger partial charge in [-0.3, -0.25) is 4.79 Å². The normalized spacial score (nSPS) is 14.9. The first kappa shape index (κ1) is 19.7. The molecule has 1 aliphatic rings. The highest BCUT2D eigenvalue weighted by Crippen LogP contribution is 2.34. The van der Waals surface area contributed by atoms with Gasteiger partial charge in [-0.1, -0.05) is 53.8 Å². The van der Waals surface area contributed by atoms with E-state index in [9.17, 15) is 19.8 Å². The van der Waals surface area contributed by atoms with Gasteiger partial charge in [0.25, 0.3) is 5.91 Å². The Bertz CT molecular complexity index is 1420. The number of benzene rings is 3. The average molecular weight is 441 g/mol. The fourth-order valence-electron chi connectivity index (χ4n) is 3.34. The molecule has 1 amide bonds. The topological polar surface area (TPSA) is 103 Å². The number of phenols is 1. The Morgan fingerprint density at radius 2 is 1.75 bits per heavy atom. The van der Waals surface area contributed by atoms with Crippen LogP contribution in [0.4, 0.5) is 5.13 Å². The number of carboxylic acid groups (broad SMARTS) is 1. The van der Waals surface area contributed by atoms with Crippen LogP contribution in [0.2, 0.25) is 0 Å². The molecule has 0 spiro atoms. The minimum absolute atomic E-state index is 0.134. The van der Waals surface area contributed by atoms with Crippen molar-refractivity contribution < 1.29 is 19.8 Å². The third kappa shape index (κ3) is 3.52. The minimum atomic E-state index is -1.02. The van der Waals surface area contributed by atoms with Gasteiger partial charge < -0.3 is 10.2 Å². The number of carbonyl (C=O) groups excluding carboxylic acids is 1.